The van der Waals surface area contributed by atoms with E-state index in [9.17, 15) is 8.78 Å². The zero-order valence-electron chi connectivity index (χ0n) is 17.6. The molecule has 4 aromatic rings. The summed E-state index contributed by atoms with van der Waals surface area (Å²) in [5.74, 6) is -0.0706. The van der Waals surface area contributed by atoms with Crippen LogP contribution < -0.4 is 4.74 Å². The Balaban J connectivity index is 1.48. The molecule has 0 saturated carbocycles. The van der Waals surface area contributed by atoms with Crippen molar-refractivity contribution in [3.05, 3.63) is 120 Å². The molecule has 0 radical (unpaired) electrons. The van der Waals surface area contributed by atoms with E-state index < -0.39 is 11.6 Å². The lowest BCUT2D eigenvalue weighted by molar-refractivity contribution is 0.215. The van der Waals surface area contributed by atoms with Gasteiger partial charge in [-0.1, -0.05) is 42.5 Å². The van der Waals surface area contributed by atoms with Crippen molar-refractivity contribution >= 4 is 0 Å². The summed E-state index contributed by atoms with van der Waals surface area (Å²) in [4.78, 5) is 2.22. The standard InChI is InChI=1S/C27H24F2N2O/c28-24-13-5-12-23(26(24)29)27-25-14-6-15-30(25)16-7-17-31(27)19-20-8-4-11-22(18-20)32-21-9-2-1-3-10-21/h1-6,8-15,18,27H,7,16-17,19H2/t27-/m0/s1. The lowest BCUT2D eigenvalue weighted by Gasteiger charge is -2.31. The molecular weight excluding hydrogens is 406 g/mol. The molecule has 0 unspecified atom stereocenters. The summed E-state index contributed by atoms with van der Waals surface area (Å²) >= 11 is 0. The number of rotatable bonds is 5. The monoisotopic (exact) mass is 430 g/mol. The van der Waals surface area contributed by atoms with E-state index in [1.54, 1.807) is 12.1 Å². The number of aromatic nitrogens is 1. The molecule has 0 spiro atoms. The van der Waals surface area contributed by atoms with Gasteiger partial charge in [-0.2, -0.15) is 0 Å². The van der Waals surface area contributed by atoms with Gasteiger partial charge in [-0.15, -0.1) is 0 Å². The van der Waals surface area contributed by atoms with E-state index in [1.165, 1.54) is 6.07 Å². The van der Waals surface area contributed by atoms with Gasteiger partial charge in [-0.3, -0.25) is 4.90 Å². The van der Waals surface area contributed by atoms with Crippen molar-refractivity contribution in [3.63, 3.8) is 0 Å². The van der Waals surface area contributed by atoms with Gasteiger partial charge in [0.2, 0.25) is 0 Å². The molecule has 1 aromatic heterocycles. The first-order valence-corrected chi connectivity index (χ1v) is 10.8. The van der Waals surface area contributed by atoms with Gasteiger partial charge in [0.15, 0.2) is 11.6 Å². The van der Waals surface area contributed by atoms with Gasteiger partial charge in [0.1, 0.15) is 11.5 Å². The Hall–Kier alpha value is -3.44. The Morgan fingerprint density at radius 2 is 1.62 bits per heavy atom. The van der Waals surface area contributed by atoms with Crippen molar-refractivity contribution < 1.29 is 13.5 Å². The Kier molecular flexibility index (Phi) is 5.73. The average Bonchev–Trinajstić information content (AvgIpc) is 3.19. The van der Waals surface area contributed by atoms with Gasteiger partial charge in [-0.25, -0.2) is 8.78 Å². The van der Waals surface area contributed by atoms with Crippen LogP contribution in [0.2, 0.25) is 0 Å². The summed E-state index contributed by atoms with van der Waals surface area (Å²) in [5, 5.41) is 0. The molecule has 3 nitrogen and oxygen atoms in total. The molecule has 0 aliphatic carbocycles. The number of nitrogens with zero attached hydrogens (tertiary/aromatic N) is 2. The quantitative estimate of drug-likeness (QED) is 0.357. The summed E-state index contributed by atoms with van der Waals surface area (Å²) in [6, 6.07) is 25.6. The molecule has 0 fully saturated rings. The van der Waals surface area contributed by atoms with Gasteiger partial charge >= 0.3 is 0 Å². The predicted octanol–water partition coefficient (Wildman–Crippen LogP) is 6.55. The predicted molar refractivity (Wildman–Crippen MR) is 121 cm³/mol. The second-order valence-electron chi connectivity index (χ2n) is 8.06. The third-order valence-corrected chi connectivity index (χ3v) is 5.89. The average molecular weight is 430 g/mol. The maximum Gasteiger partial charge on any atom is 0.163 e. The van der Waals surface area contributed by atoms with Crippen LogP contribution in [0.5, 0.6) is 11.5 Å². The number of hydrogen-bond acceptors (Lipinski definition) is 2. The molecule has 3 aromatic carbocycles. The molecule has 0 N–H and O–H groups in total. The van der Waals surface area contributed by atoms with Crippen LogP contribution in [-0.4, -0.2) is 16.0 Å². The van der Waals surface area contributed by atoms with Gasteiger partial charge in [-0.05, 0) is 54.4 Å². The number of para-hydroxylation sites is 1. The molecule has 0 amide bonds. The normalized spacial score (nSPS) is 16.4. The largest absolute Gasteiger partial charge is 0.457 e. The lowest BCUT2D eigenvalue weighted by atomic mass is 10.00. The van der Waals surface area contributed by atoms with Crippen LogP contribution in [0.25, 0.3) is 0 Å². The van der Waals surface area contributed by atoms with Crippen molar-refractivity contribution in [2.75, 3.05) is 6.54 Å². The smallest absolute Gasteiger partial charge is 0.163 e. The highest BCUT2D eigenvalue weighted by Crippen LogP contribution is 2.35. The maximum absolute atomic E-state index is 14.9. The number of benzene rings is 3. The van der Waals surface area contributed by atoms with E-state index in [1.807, 2.05) is 72.9 Å². The lowest BCUT2D eigenvalue weighted by Crippen LogP contribution is -2.30. The molecular formula is C27H24F2N2O. The minimum absolute atomic E-state index is 0.364. The number of fused-ring (bicyclic) bond motifs is 1. The van der Waals surface area contributed by atoms with Gasteiger partial charge < -0.3 is 9.30 Å². The highest BCUT2D eigenvalue weighted by molar-refractivity contribution is 5.35. The number of hydrogen-bond donors (Lipinski definition) is 0. The third kappa shape index (κ3) is 4.16. The molecule has 5 heteroatoms. The van der Waals surface area contributed by atoms with Crippen molar-refractivity contribution in [1.29, 1.82) is 0 Å². The fraction of sp³-hybridized carbons (Fsp3) is 0.185. The first-order chi connectivity index (χ1) is 15.7. The van der Waals surface area contributed by atoms with Crippen LogP contribution in [0.3, 0.4) is 0 Å². The zero-order valence-corrected chi connectivity index (χ0v) is 17.6. The first kappa shape index (κ1) is 20.5. The van der Waals surface area contributed by atoms with E-state index in [0.29, 0.717) is 12.1 Å². The second-order valence-corrected chi connectivity index (χ2v) is 8.06. The number of ether oxygens (including phenoxy) is 1. The van der Waals surface area contributed by atoms with Crippen molar-refractivity contribution in [2.24, 2.45) is 0 Å². The maximum atomic E-state index is 14.9. The Morgan fingerprint density at radius 1 is 0.812 bits per heavy atom. The van der Waals surface area contributed by atoms with Crippen molar-refractivity contribution in [2.45, 2.75) is 25.6 Å². The molecule has 2 heterocycles. The zero-order chi connectivity index (χ0) is 21.9. The summed E-state index contributed by atoms with van der Waals surface area (Å²) < 4.78 is 37.2. The van der Waals surface area contributed by atoms with Gasteiger partial charge in [0.05, 0.1) is 6.04 Å². The molecule has 5 rings (SSSR count). The topological polar surface area (TPSA) is 17.4 Å². The van der Waals surface area contributed by atoms with Crippen LogP contribution >= 0.6 is 0 Å². The SMILES string of the molecule is Fc1cccc([C@H]2c3cccn3CCCN2Cc2cccc(Oc3ccccc3)c2)c1F. The van der Waals surface area contributed by atoms with Gasteiger partial charge in [0, 0.05) is 37.1 Å². The fourth-order valence-electron chi connectivity index (χ4n) is 4.46. The van der Waals surface area contributed by atoms with Crippen LogP contribution in [-0.2, 0) is 13.1 Å². The Morgan fingerprint density at radius 3 is 2.50 bits per heavy atom. The molecule has 32 heavy (non-hydrogen) atoms. The van der Waals surface area contributed by atoms with E-state index >= 15 is 0 Å². The third-order valence-electron chi connectivity index (χ3n) is 5.89. The first-order valence-electron chi connectivity index (χ1n) is 10.8. The van der Waals surface area contributed by atoms with Crippen LogP contribution in [0.1, 0.15) is 29.3 Å². The highest BCUT2D eigenvalue weighted by Gasteiger charge is 2.30. The van der Waals surface area contributed by atoms with E-state index in [0.717, 1.165) is 42.3 Å². The summed E-state index contributed by atoms with van der Waals surface area (Å²) in [6.45, 7) is 2.22. The molecule has 162 valence electrons. The number of aryl methyl sites for hydroxylation is 1. The molecule has 1 aliphatic heterocycles. The van der Waals surface area contributed by atoms with E-state index in [2.05, 4.69) is 9.47 Å². The summed E-state index contributed by atoms with van der Waals surface area (Å²) in [5.41, 5.74) is 2.40. The van der Waals surface area contributed by atoms with Crippen LogP contribution in [0, 0.1) is 11.6 Å². The summed E-state index contributed by atoms with van der Waals surface area (Å²) in [6.07, 6.45) is 2.94. The molecule has 1 atom stereocenters. The highest BCUT2D eigenvalue weighted by atomic mass is 19.2. The van der Waals surface area contributed by atoms with Crippen LogP contribution in [0.4, 0.5) is 8.78 Å². The second kappa shape index (κ2) is 8.97. The summed E-state index contributed by atoms with van der Waals surface area (Å²) in [7, 11) is 0. The minimum Gasteiger partial charge on any atom is -0.457 e. The van der Waals surface area contributed by atoms with E-state index in [-0.39, 0.29) is 6.04 Å². The van der Waals surface area contributed by atoms with Crippen molar-refractivity contribution in [3.8, 4) is 11.5 Å². The van der Waals surface area contributed by atoms with E-state index in [4.69, 9.17) is 4.74 Å². The molecule has 0 bridgehead atoms. The Bertz CT molecular complexity index is 1210. The fourth-order valence-corrected chi connectivity index (χ4v) is 4.46. The Labute approximate surface area is 186 Å². The minimum atomic E-state index is -0.817. The van der Waals surface area contributed by atoms with Gasteiger partial charge in [0.25, 0.3) is 0 Å². The molecule has 1 aliphatic rings. The number of halogens is 2. The molecule has 0 saturated heterocycles. The van der Waals surface area contributed by atoms with Crippen LogP contribution in [0.15, 0.2) is 91.1 Å². The van der Waals surface area contributed by atoms with Crippen molar-refractivity contribution in [1.82, 2.24) is 9.47 Å².